The molecule has 0 aliphatic heterocycles. The molecule has 0 spiro atoms. The summed E-state index contributed by atoms with van der Waals surface area (Å²) in [7, 11) is 0. The number of hydrogen-bond acceptors (Lipinski definition) is 0. The second-order valence-corrected chi connectivity index (χ2v) is 19.0. The summed E-state index contributed by atoms with van der Waals surface area (Å²) in [6, 6.07) is 92.9. The molecular formula is C69H48. The smallest absolute Gasteiger partial charge is 0.00261 e. The molecule has 13 aromatic rings. The van der Waals surface area contributed by atoms with Crippen LogP contribution in [0, 0.1) is 0 Å². The Balaban J connectivity index is 1.01. The van der Waals surface area contributed by atoms with Crippen LogP contribution in [0.3, 0.4) is 0 Å². The van der Waals surface area contributed by atoms with Gasteiger partial charge in [-0.25, -0.2) is 0 Å². The van der Waals surface area contributed by atoms with Crippen LogP contribution in [0.15, 0.2) is 249 Å². The highest BCUT2D eigenvalue weighted by atomic mass is 14.2. The highest BCUT2D eigenvalue weighted by molar-refractivity contribution is 6.22. The van der Waals surface area contributed by atoms with Crippen LogP contribution >= 0.6 is 0 Å². The van der Waals surface area contributed by atoms with E-state index in [4.69, 9.17) is 0 Å². The van der Waals surface area contributed by atoms with E-state index in [0.29, 0.717) is 5.92 Å². The lowest BCUT2D eigenvalue weighted by molar-refractivity contribution is 0.867. The highest BCUT2D eigenvalue weighted by Gasteiger charge is 2.20. The van der Waals surface area contributed by atoms with Crippen LogP contribution in [0.4, 0.5) is 0 Å². The first-order chi connectivity index (χ1) is 34.0. The molecule has 0 aromatic heterocycles. The Kier molecular flexibility index (Phi) is 9.80. The zero-order chi connectivity index (χ0) is 46.0. The lowest BCUT2D eigenvalue weighted by Crippen LogP contribution is -1.94. The van der Waals surface area contributed by atoms with Crippen LogP contribution in [-0.4, -0.2) is 0 Å². The van der Waals surface area contributed by atoms with Gasteiger partial charge in [0.15, 0.2) is 0 Å². The summed E-state index contributed by atoms with van der Waals surface area (Å²) < 4.78 is 0. The molecule has 0 saturated carbocycles. The van der Waals surface area contributed by atoms with Crippen molar-refractivity contribution in [1.82, 2.24) is 0 Å². The van der Waals surface area contributed by atoms with Gasteiger partial charge in [-0.05, 0) is 173 Å². The van der Waals surface area contributed by atoms with Crippen LogP contribution in [0.5, 0.6) is 0 Å². The highest BCUT2D eigenvalue weighted by Crippen LogP contribution is 2.47. The molecule has 0 heterocycles. The summed E-state index contributed by atoms with van der Waals surface area (Å²) in [6.45, 7) is 4.56. The minimum absolute atomic E-state index is 0.437. The Hall–Kier alpha value is -8.58. The standard InChI is InChI=1S/C69H48/c1-44(2)48-16-11-21-56(38-48)68-62-24-7-9-26-64(62)69(65-27-10-8-25-63(65)68)57-35-37-61(53-19-12-18-50(39-53)52-32-30-47-29-28-46-15-4-6-23-59(46)66(47)42-52)67(43-57)54-20-13-17-49(40-54)51-34-36-60-55(41-51)33-31-45-14-3-5-22-58(45)60/h3-44H,1-2H3. The third-order valence-electron chi connectivity index (χ3n) is 14.6. The van der Waals surface area contributed by atoms with Crippen molar-refractivity contribution in [2.24, 2.45) is 0 Å². The molecule has 0 unspecified atom stereocenters. The normalized spacial score (nSPS) is 11.8. The van der Waals surface area contributed by atoms with Gasteiger partial charge in [-0.2, -0.15) is 0 Å². The number of rotatable bonds is 7. The topological polar surface area (TPSA) is 0 Å². The lowest BCUT2D eigenvalue weighted by atomic mass is 9.83. The van der Waals surface area contributed by atoms with Gasteiger partial charge in [0, 0.05) is 0 Å². The molecule has 0 aliphatic carbocycles. The van der Waals surface area contributed by atoms with Gasteiger partial charge in [-0.1, -0.05) is 232 Å². The Morgan fingerprint density at radius 1 is 0.217 bits per heavy atom. The van der Waals surface area contributed by atoms with E-state index in [2.05, 4.69) is 263 Å². The maximum absolute atomic E-state index is 2.46. The fraction of sp³-hybridized carbons (Fsp3) is 0.0435. The van der Waals surface area contributed by atoms with Crippen LogP contribution in [0.2, 0.25) is 0 Å². The average molecular weight is 877 g/mol. The molecule has 0 bridgehead atoms. The summed E-state index contributed by atoms with van der Waals surface area (Å²) in [5.41, 5.74) is 15.9. The molecule has 0 N–H and O–H groups in total. The van der Waals surface area contributed by atoms with Crippen LogP contribution in [-0.2, 0) is 0 Å². The second-order valence-electron chi connectivity index (χ2n) is 19.0. The van der Waals surface area contributed by atoms with Gasteiger partial charge in [-0.15, -0.1) is 0 Å². The summed E-state index contributed by atoms with van der Waals surface area (Å²) in [5.74, 6) is 0.437. The van der Waals surface area contributed by atoms with Crippen molar-refractivity contribution in [3.8, 4) is 66.8 Å². The summed E-state index contributed by atoms with van der Waals surface area (Å²) in [6.07, 6.45) is 0. The fourth-order valence-electron chi connectivity index (χ4n) is 11.1. The van der Waals surface area contributed by atoms with E-state index in [9.17, 15) is 0 Å². The predicted octanol–water partition coefficient (Wildman–Crippen LogP) is 19.7. The maximum Gasteiger partial charge on any atom is -0.00261 e. The molecule has 0 radical (unpaired) electrons. The predicted molar refractivity (Wildman–Crippen MR) is 298 cm³/mol. The van der Waals surface area contributed by atoms with E-state index in [1.54, 1.807) is 0 Å². The van der Waals surface area contributed by atoms with Gasteiger partial charge in [0.2, 0.25) is 0 Å². The maximum atomic E-state index is 2.46. The van der Waals surface area contributed by atoms with Gasteiger partial charge in [0.1, 0.15) is 0 Å². The van der Waals surface area contributed by atoms with Gasteiger partial charge < -0.3 is 0 Å². The third-order valence-corrected chi connectivity index (χ3v) is 14.6. The zero-order valence-electron chi connectivity index (χ0n) is 38.7. The molecule has 0 nitrogen and oxygen atoms in total. The van der Waals surface area contributed by atoms with Crippen molar-refractivity contribution in [3.05, 3.63) is 254 Å². The molecule has 13 aromatic carbocycles. The van der Waals surface area contributed by atoms with Crippen molar-refractivity contribution in [1.29, 1.82) is 0 Å². The van der Waals surface area contributed by atoms with Crippen molar-refractivity contribution in [2.75, 3.05) is 0 Å². The number of benzene rings is 13. The SMILES string of the molecule is CC(C)c1cccc(-c2c3ccccc3c(-c3ccc(-c4cccc(-c5ccc6ccc7ccccc7c6c5)c4)c(-c4cccc(-c5ccc6c(ccc7ccccc76)c5)c4)c3)c3ccccc23)c1. The van der Waals surface area contributed by atoms with E-state index in [0.717, 1.165) is 0 Å². The summed E-state index contributed by atoms with van der Waals surface area (Å²) in [4.78, 5) is 0. The molecule has 0 heteroatoms. The van der Waals surface area contributed by atoms with Crippen LogP contribution < -0.4 is 0 Å². The van der Waals surface area contributed by atoms with E-state index in [1.807, 2.05) is 0 Å². The number of hydrogen-bond donors (Lipinski definition) is 0. The van der Waals surface area contributed by atoms with Crippen molar-refractivity contribution < 1.29 is 0 Å². The van der Waals surface area contributed by atoms with E-state index in [1.165, 1.54) is 137 Å². The molecule has 0 atom stereocenters. The van der Waals surface area contributed by atoms with Crippen molar-refractivity contribution >= 4 is 64.6 Å². The van der Waals surface area contributed by atoms with E-state index < -0.39 is 0 Å². The molecule has 0 saturated heterocycles. The molecular weight excluding hydrogens is 829 g/mol. The second kappa shape index (κ2) is 16.6. The molecule has 69 heavy (non-hydrogen) atoms. The first-order valence-electron chi connectivity index (χ1n) is 24.3. The van der Waals surface area contributed by atoms with Crippen LogP contribution in [0.25, 0.3) is 131 Å². The Labute approximate surface area is 403 Å². The van der Waals surface area contributed by atoms with E-state index >= 15 is 0 Å². The average Bonchev–Trinajstić information content (AvgIpc) is 3.42. The lowest BCUT2D eigenvalue weighted by Gasteiger charge is -2.20. The van der Waals surface area contributed by atoms with Crippen LogP contribution in [0.1, 0.15) is 25.3 Å². The fourth-order valence-corrected chi connectivity index (χ4v) is 11.1. The van der Waals surface area contributed by atoms with Gasteiger partial charge >= 0.3 is 0 Å². The van der Waals surface area contributed by atoms with Gasteiger partial charge in [-0.3, -0.25) is 0 Å². The molecule has 13 rings (SSSR count). The number of fused-ring (bicyclic) bond motifs is 8. The van der Waals surface area contributed by atoms with E-state index in [-0.39, 0.29) is 0 Å². The molecule has 0 amide bonds. The Morgan fingerprint density at radius 2 is 0.623 bits per heavy atom. The largest absolute Gasteiger partial charge is 0.0616 e. The summed E-state index contributed by atoms with van der Waals surface area (Å²) in [5, 5.41) is 15.2. The summed E-state index contributed by atoms with van der Waals surface area (Å²) >= 11 is 0. The quantitative estimate of drug-likeness (QED) is 0.111. The Morgan fingerprint density at radius 3 is 1.25 bits per heavy atom. The van der Waals surface area contributed by atoms with Crippen molar-refractivity contribution in [3.63, 3.8) is 0 Å². The van der Waals surface area contributed by atoms with Gasteiger partial charge in [0.05, 0.1) is 0 Å². The first-order valence-corrected chi connectivity index (χ1v) is 24.3. The first kappa shape index (κ1) is 40.7. The minimum Gasteiger partial charge on any atom is -0.0616 e. The third kappa shape index (κ3) is 7.07. The Bertz CT molecular complexity index is 4110. The zero-order valence-corrected chi connectivity index (χ0v) is 38.7. The molecule has 324 valence electrons. The van der Waals surface area contributed by atoms with Crippen molar-refractivity contribution in [2.45, 2.75) is 19.8 Å². The molecule has 0 fully saturated rings. The van der Waals surface area contributed by atoms with Gasteiger partial charge in [0.25, 0.3) is 0 Å². The minimum atomic E-state index is 0.437. The monoisotopic (exact) mass is 876 g/mol. The molecule has 0 aliphatic rings.